The van der Waals surface area contributed by atoms with Crippen molar-refractivity contribution < 1.29 is 4.79 Å². The molecule has 2 aromatic rings. The lowest BCUT2D eigenvalue weighted by Gasteiger charge is -2.08. The van der Waals surface area contributed by atoms with Gasteiger partial charge in [-0.2, -0.15) is 0 Å². The summed E-state index contributed by atoms with van der Waals surface area (Å²) in [5, 5.41) is 3.46. The van der Waals surface area contributed by atoms with E-state index in [0.717, 1.165) is 15.6 Å². The van der Waals surface area contributed by atoms with Gasteiger partial charge in [-0.1, -0.05) is 45.7 Å². The van der Waals surface area contributed by atoms with Crippen molar-refractivity contribution in [2.75, 3.05) is 0 Å². The predicted molar refractivity (Wildman–Crippen MR) is 81.5 cm³/mol. The van der Waals surface area contributed by atoms with E-state index in [1.807, 2.05) is 37.3 Å². The minimum absolute atomic E-state index is 0.108. The molecule has 0 aliphatic carbocycles. The number of nitrogens with one attached hydrogen (secondary N) is 1. The van der Waals surface area contributed by atoms with Crippen LogP contribution < -0.4 is 5.32 Å². The minimum Gasteiger partial charge on any atom is -0.348 e. The van der Waals surface area contributed by atoms with E-state index in [9.17, 15) is 4.79 Å². The number of halogens is 2. The maximum atomic E-state index is 12.1. The van der Waals surface area contributed by atoms with Gasteiger partial charge in [-0.15, -0.1) is 0 Å². The van der Waals surface area contributed by atoms with Crippen LogP contribution in [0.25, 0.3) is 0 Å². The second kappa shape index (κ2) is 6.22. The van der Waals surface area contributed by atoms with E-state index in [2.05, 4.69) is 21.2 Å². The molecule has 98 valence electrons. The van der Waals surface area contributed by atoms with Crippen LogP contribution in [0, 0.1) is 6.92 Å². The Morgan fingerprint density at radius 3 is 2.58 bits per heavy atom. The van der Waals surface area contributed by atoms with Crippen molar-refractivity contribution in [1.29, 1.82) is 0 Å². The molecule has 0 unspecified atom stereocenters. The number of hydrogen-bond donors (Lipinski definition) is 1. The van der Waals surface area contributed by atoms with Crippen LogP contribution in [0.5, 0.6) is 0 Å². The van der Waals surface area contributed by atoms with Crippen LogP contribution in [0.3, 0.4) is 0 Å². The Balaban J connectivity index is 2.05. The average molecular weight is 339 g/mol. The Morgan fingerprint density at radius 2 is 1.89 bits per heavy atom. The summed E-state index contributed by atoms with van der Waals surface area (Å²) in [5.74, 6) is -0.108. The smallest absolute Gasteiger partial charge is 0.251 e. The average Bonchev–Trinajstić information content (AvgIpc) is 2.40. The molecule has 2 rings (SSSR count). The maximum absolute atomic E-state index is 12.1. The molecule has 0 fully saturated rings. The molecule has 0 atom stereocenters. The Morgan fingerprint density at radius 1 is 1.21 bits per heavy atom. The Bertz CT molecular complexity index is 596. The van der Waals surface area contributed by atoms with Gasteiger partial charge in [0, 0.05) is 21.6 Å². The van der Waals surface area contributed by atoms with Crippen LogP contribution in [-0.4, -0.2) is 5.91 Å². The summed E-state index contributed by atoms with van der Waals surface area (Å²) in [4.78, 5) is 12.1. The highest BCUT2D eigenvalue weighted by Crippen LogP contribution is 2.15. The van der Waals surface area contributed by atoms with Crippen LogP contribution in [0.4, 0.5) is 0 Å². The first-order chi connectivity index (χ1) is 9.06. The lowest BCUT2D eigenvalue weighted by molar-refractivity contribution is 0.0950. The minimum atomic E-state index is -0.108. The van der Waals surface area contributed by atoms with E-state index in [4.69, 9.17) is 11.6 Å². The van der Waals surface area contributed by atoms with Gasteiger partial charge in [-0.25, -0.2) is 0 Å². The molecule has 0 bridgehead atoms. The summed E-state index contributed by atoms with van der Waals surface area (Å²) in [6.07, 6.45) is 0. The SMILES string of the molecule is Cc1ccc(Cl)cc1C(=O)NCc1ccc(Br)cc1. The number of carbonyl (C=O) groups excluding carboxylic acids is 1. The van der Waals surface area contributed by atoms with Crippen LogP contribution in [-0.2, 0) is 6.54 Å². The van der Waals surface area contributed by atoms with Crippen molar-refractivity contribution in [3.05, 3.63) is 68.7 Å². The molecule has 19 heavy (non-hydrogen) atoms. The standard InChI is InChI=1S/C15H13BrClNO/c1-10-2-7-13(17)8-14(10)15(19)18-9-11-3-5-12(16)6-4-11/h2-8H,9H2,1H3,(H,18,19). The molecule has 4 heteroatoms. The van der Waals surface area contributed by atoms with Crippen molar-refractivity contribution >= 4 is 33.4 Å². The van der Waals surface area contributed by atoms with Crippen molar-refractivity contribution in [1.82, 2.24) is 5.32 Å². The Labute approximate surface area is 125 Å². The van der Waals surface area contributed by atoms with Gasteiger partial charge in [-0.05, 0) is 42.3 Å². The van der Waals surface area contributed by atoms with E-state index >= 15 is 0 Å². The number of rotatable bonds is 3. The number of carbonyl (C=O) groups is 1. The molecule has 2 nitrogen and oxygen atoms in total. The van der Waals surface area contributed by atoms with Gasteiger partial charge in [0.15, 0.2) is 0 Å². The predicted octanol–water partition coefficient (Wildman–Crippen LogP) is 4.34. The fourth-order valence-corrected chi connectivity index (χ4v) is 2.16. The summed E-state index contributed by atoms with van der Waals surface area (Å²) in [7, 11) is 0. The number of amides is 1. The highest BCUT2D eigenvalue weighted by molar-refractivity contribution is 9.10. The molecule has 0 saturated carbocycles. The molecule has 2 aromatic carbocycles. The van der Waals surface area contributed by atoms with Crippen molar-refractivity contribution in [2.45, 2.75) is 13.5 Å². The summed E-state index contributed by atoms with van der Waals surface area (Å²) >= 11 is 9.29. The van der Waals surface area contributed by atoms with Gasteiger partial charge >= 0.3 is 0 Å². The summed E-state index contributed by atoms with van der Waals surface area (Å²) in [5.41, 5.74) is 2.58. The first-order valence-corrected chi connectivity index (χ1v) is 7.02. The van der Waals surface area contributed by atoms with Gasteiger partial charge in [0.05, 0.1) is 0 Å². The van der Waals surface area contributed by atoms with Crippen LogP contribution >= 0.6 is 27.5 Å². The first-order valence-electron chi connectivity index (χ1n) is 5.85. The number of hydrogen-bond acceptors (Lipinski definition) is 1. The quantitative estimate of drug-likeness (QED) is 0.886. The topological polar surface area (TPSA) is 29.1 Å². The van der Waals surface area contributed by atoms with Gasteiger partial charge in [0.2, 0.25) is 0 Å². The number of benzene rings is 2. The van der Waals surface area contributed by atoms with Crippen LogP contribution in [0.2, 0.25) is 5.02 Å². The van der Waals surface area contributed by atoms with Crippen LogP contribution in [0.15, 0.2) is 46.9 Å². The summed E-state index contributed by atoms with van der Waals surface area (Å²) in [6, 6.07) is 13.1. The van der Waals surface area contributed by atoms with Crippen molar-refractivity contribution in [3.8, 4) is 0 Å². The number of aryl methyl sites for hydroxylation is 1. The Hall–Kier alpha value is -1.32. The van der Waals surface area contributed by atoms with Crippen molar-refractivity contribution in [3.63, 3.8) is 0 Å². The van der Waals surface area contributed by atoms with Gasteiger partial charge in [0.1, 0.15) is 0 Å². The largest absolute Gasteiger partial charge is 0.348 e. The zero-order valence-corrected chi connectivity index (χ0v) is 12.8. The monoisotopic (exact) mass is 337 g/mol. The highest BCUT2D eigenvalue weighted by atomic mass is 79.9. The first kappa shape index (κ1) is 14.1. The zero-order chi connectivity index (χ0) is 13.8. The second-order valence-corrected chi connectivity index (χ2v) is 5.62. The van der Waals surface area contributed by atoms with E-state index < -0.39 is 0 Å². The Kier molecular flexibility index (Phi) is 4.61. The molecular weight excluding hydrogens is 326 g/mol. The van der Waals surface area contributed by atoms with Gasteiger partial charge < -0.3 is 5.32 Å². The second-order valence-electron chi connectivity index (χ2n) is 4.27. The molecule has 0 spiro atoms. The maximum Gasteiger partial charge on any atom is 0.251 e. The third kappa shape index (κ3) is 3.82. The molecule has 1 amide bonds. The van der Waals surface area contributed by atoms with E-state index in [-0.39, 0.29) is 5.91 Å². The molecule has 0 radical (unpaired) electrons. The van der Waals surface area contributed by atoms with Gasteiger partial charge in [0.25, 0.3) is 5.91 Å². The van der Waals surface area contributed by atoms with Crippen LogP contribution in [0.1, 0.15) is 21.5 Å². The molecule has 1 N–H and O–H groups in total. The normalized spacial score (nSPS) is 10.3. The van der Waals surface area contributed by atoms with Gasteiger partial charge in [-0.3, -0.25) is 4.79 Å². The third-order valence-corrected chi connectivity index (χ3v) is 3.57. The molecule has 0 saturated heterocycles. The highest BCUT2D eigenvalue weighted by Gasteiger charge is 2.09. The molecule has 0 aliphatic rings. The van der Waals surface area contributed by atoms with Crippen molar-refractivity contribution in [2.24, 2.45) is 0 Å². The van der Waals surface area contributed by atoms with E-state index in [1.54, 1.807) is 12.1 Å². The fraction of sp³-hybridized carbons (Fsp3) is 0.133. The molecule has 0 aliphatic heterocycles. The molecule has 0 heterocycles. The summed E-state index contributed by atoms with van der Waals surface area (Å²) < 4.78 is 1.02. The fourth-order valence-electron chi connectivity index (χ4n) is 1.72. The van der Waals surface area contributed by atoms with E-state index in [0.29, 0.717) is 17.1 Å². The molecule has 0 aromatic heterocycles. The third-order valence-electron chi connectivity index (χ3n) is 2.81. The molecular formula is C15H13BrClNO. The lowest BCUT2D eigenvalue weighted by Crippen LogP contribution is -2.23. The van der Waals surface area contributed by atoms with E-state index in [1.165, 1.54) is 0 Å². The zero-order valence-electron chi connectivity index (χ0n) is 10.4. The summed E-state index contributed by atoms with van der Waals surface area (Å²) in [6.45, 7) is 2.39. The lowest BCUT2D eigenvalue weighted by atomic mass is 10.1.